The molecule has 0 aliphatic rings. The van der Waals surface area contributed by atoms with Gasteiger partial charge in [-0.15, -0.1) is 0 Å². The Labute approximate surface area is 546 Å². The fourth-order valence-corrected chi connectivity index (χ4v) is 14.4. The normalized spacial score (nSPS) is 12.1. The molecule has 0 unspecified atom stereocenters. The molecule has 0 heterocycles. The summed E-state index contributed by atoms with van der Waals surface area (Å²) in [5.41, 5.74) is 32.6. The van der Waals surface area contributed by atoms with Crippen LogP contribution in [-0.4, -0.2) is 0 Å². The third kappa shape index (κ3) is 14.5. The largest absolute Gasteiger partial charge is 0.310 e. The Bertz CT molecular complexity index is 4300. The average Bonchev–Trinajstić information content (AvgIpc) is 1.08. The van der Waals surface area contributed by atoms with Crippen LogP contribution in [0.5, 0.6) is 0 Å². The summed E-state index contributed by atoms with van der Waals surface area (Å²) in [6.07, 6.45) is 3.18. The van der Waals surface area contributed by atoms with E-state index in [2.05, 4.69) is 363 Å². The number of nitrogens with zero attached hydrogens (tertiary/aromatic N) is 2. The number of rotatable bonds is 17. The van der Waals surface area contributed by atoms with E-state index in [0.29, 0.717) is 0 Å². The van der Waals surface area contributed by atoms with Gasteiger partial charge in [-0.25, -0.2) is 0 Å². The summed E-state index contributed by atoms with van der Waals surface area (Å²) in [4.78, 5) is 4.81. The standard InChI is InChI=1S/C89H94N2/c1-17-65-57-74(38-52-83(65)84-55-64(6)85(56-63(84)5)91(79-43-20-61(3)21-44-79)80-49-36-71(37-50-80)68-30-41-76(42-31-68)89(15,16)59-87(10,11)12)72-24-26-73(27-25-72)82-53-51-81(54-62(82)4)90(77-45-32-69(33-46-77)66-22-18-60(2)19-23-66)78-47-34-70(35-48-78)67-28-39-75(40-29-67)88(13,14)58-86(7,8)9/h18-57H,17,58-59H2,1-16H3. The van der Waals surface area contributed by atoms with Crippen LogP contribution in [-0.2, 0) is 17.3 Å². The Kier molecular flexibility index (Phi) is 18.0. The van der Waals surface area contributed by atoms with E-state index in [1.165, 1.54) is 117 Å². The summed E-state index contributed by atoms with van der Waals surface area (Å²) in [7, 11) is 0. The molecule has 0 fully saturated rings. The van der Waals surface area contributed by atoms with Gasteiger partial charge in [-0.3, -0.25) is 0 Å². The van der Waals surface area contributed by atoms with Gasteiger partial charge in [-0.2, -0.15) is 0 Å². The Hall–Kier alpha value is -8.98. The molecule has 0 aliphatic carbocycles. The zero-order valence-corrected chi connectivity index (χ0v) is 57.1. The van der Waals surface area contributed by atoms with Crippen molar-refractivity contribution in [2.24, 2.45) is 10.8 Å². The second kappa shape index (κ2) is 25.7. The smallest absolute Gasteiger partial charge is 0.0493 e. The van der Waals surface area contributed by atoms with Gasteiger partial charge in [0, 0.05) is 34.1 Å². The second-order valence-corrected chi connectivity index (χ2v) is 29.7. The van der Waals surface area contributed by atoms with Crippen LogP contribution in [0.4, 0.5) is 34.1 Å². The SMILES string of the molecule is CCc1cc(-c2ccc(-c3ccc(N(c4ccc(-c5ccc(C)cc5)cc4)c4ccc(-c5ccc(C(C)(C)CC(C)(C)C)cc5)cc4)cc3C)cc2)ccc1-c1cc(C)c(N(c2ccc(C)cc2)c2ccc(-c3ccc(C(C)(C)CC(C)(C)C)cc3)cc2)cc1C. The lowest BCUT2D eigenvalue weighted by Gasteiger charge is -2.33. The van der Waals surface area contributed by atoms with E-state index in [-0.39, 0.29) is 21.7 Å². The molecule has 91 heavy (non-hydrogen) atoms. The van der Waals surface area contributed by atoms with Crippen molar-refractivity contribution in [3.8, 4) is 66.8 Å². The summed E-state index contributed by atoms with van der Waals surface area (Å²) >= 11 is 0. The number of benzene rings is 11. The van der Waals surface area contributed by atoms with Gasteiger partial charge in [0.05, 0.1) is 0 Å². The topological polar surface area (TPSA) is 6.48 Å². The van der Waals surface area contributed by atoms with E-state index >= 15 is 0 Å². The van der Waals surface area contributed by atoms with Crippen LogP contribution in [0.25, 0.3) is 66.8 Å². The molecule has 11 rings (SSSR count). The first-order chi connectivity index (χ1) is 43.3. The quantitative estimate of drug-likeness (QED) is 0.0896. The van der Waals surface area contributed by atoms with E-state index < -0.39 is 0 Å². The third-order valence-corrected chi connectivity index (χ3v) is 18.6. The van der Waals surface area contributed by atoms with Gasteiger partial charge in [0.25, 0.3) is 0 Å². The lowest BCUT2D eigenvalue weighted by molar-refractivity contribution is 0.283. The second-order valence-electron chi connectivity index (χ2n) is 29.7. The van der Waals surface area contributed by atoms with Gasteiger partial charge < -0.3 is 9.80 Å². The van der Waals surface area contributed by atoms with Crippen LogP contribution in [0, 0.1) is 45.4 Å². The molecule has 0 saturated carbocycles. The highest BCUT2D eigenvalue weighted by Crippen LogP contribution is 2.45. The molecule has 0 aliphatic heterocycles. The van der Waals surface area contributed by atoms with Crippen molar-refractivity contribution in [3.63, 3.8) is 0 Å². The molecular formula is C89H94N2. The van der Waals surface area contributed by atoms with Crippen LogP contribution in [0.15, 0.2) is 243 Å². The van der Waals surface area contributed by atoms with Crippen molar-refractivity contribution in [3.05, 3.63) is 287 Å². The van der Waals surface area contributed by atoms with E-state index in [1.54, 1.807) is 0 Å². The molecule has 0 radical (unpaired) electrons. The van der Waals surface area contributed by atoms with E-state index in [0.717, 1.165) is 47.7 Å². The molecular weight excluding hydrogens is 1100 g/mol. The van der Waals surface area contributed by atoms with Crippen molar-refractivity contribution in [1.29, 1.82) is 0 Å². The number of aryl methyl sites for hydroxylation is 6. The van der Waals surface area contributed by atoms with Crippen LogP contribution < -0.4 is 9.80 Å². The number of hydrogen-bond donors (Lipinski definition) is 0. The molecule has 11 aromatic carbocycles. The molecule has 2 heteroatoms. The van der Waals surface area contributed by atoms with Crippen molar-refractivity contribution in [2.75, 3.05) is 9.80 Å². The van der Waals surface area contributed by atoms with Gasteiger partial charge >= 0.3 is 0 Å². The first kappa shape index (κ1) is 63.6. The maximum absolute atomic E-state index is 2.42. The highest BCUT2D eigenvalue weighted by Gasteiger charge is 2.29. The average molecular weight is 1190 g/mol. The van der Waals surface area contributed by atoms with Crippen LogP contribution >= 0.6 is 0 Å². The Balaban J connectivity index is 0.841. The maximum atomic E-state index is 2.42. The molecule has 0 bridgehead atoms. The van der Waals surface area contributed by atoms with Gasteiger partial charge in [-0.1, -0.05) is 257 Å². The zero-order valence-electron chi connectivity index (χ0n) is 57.1. The molecule has 2 nitrogen and oxygen atoms in total. The minimum atomic E-state index is 0.0956. The van der Waals surface area contributed by atoms with Crippen molar-refractivity contribution >= 4 is 34.1 Å². The van der Waals surface area contributed by atoms with Crippen LogP contribution in [0.2, 0.25) is 0 Å². The summed E-state index contributed by atoms with van der Waals surface area (Å²) in [6, 6.07) is 91.4. The fourth-order valence-electron chi connectivity index (χ4n) is 14.4. The lowest BCUT2D eigenvalue weighted by Crippen LogP contribution is -2.24. The predicted octanol–water partition coefficient (Wildman–Crippen LogP) is 26.2. The zero-order chi connectivity index (χ0) is 64.6. The molecule has 0 aromatic heterocycles. The first-order valence-corrected chi connectivity index (χ1v) is 33.0. The van der Waals surface area contributed by atoms with Crippen LogP contribution in [0.1, 0.15) is 134 Å². The highest BCUT2D eigenvalue weighted by atomic mass is 15.1. The van der Waals surface area contributed by atoms with Gasteiger partial charge in [-0.05, 0) is 248 Å². The minimum Gasteiger partial charge on any atom is -0.310 e. The molecule has 0 N–H and O–H groups in total. The van der Waals surface area contributed by atoms with E-state index in [4.69, 9.17) is 0 Å². The molecule has 460 valence electrons. The molecule has 0 atom stereocenters. The lowest BCUT2D eigenvalue weighted by atomic mass is 9.72. The number of anilines is 6. The third-order valence-electron chi connectivity index (χ3n) is 18.6. The Morgan fingerprint density at radius 3 is 1.00 bits per heavy atom. The summed E-state index contributed by atoms with van der Waals surface area (Å²) < 4.78 is 0. The molecule has 0 spiro atoms. The summed E-state index contributed by atoms with van der Waals surface area (Å²) in [5, 5.41) is 0. The van der Waals surface area contributed by atoms with Gasteiger partial charge in [0.1, 0.15) is 0 Å². The Morgan fingerprint density at radius 2 is 0.582 bits per heavy atom. The number of hydrogen-bond acceptors (Lipinski definition) is 2. The molecule has 0 saturated heterocycles. The van der Waals surface area contributed by atoms with Crippen molar-refractivity contribution in [2.45, 2.75) is 141 Å². The van der Waals surface area contributed by atoms with Gasteiger partial charge in [0.2, 0.25) is 0 Å². The fraction of sp³-hybridized carbons (Fsp3) is 0.258. The molecule has 0 amide bonds. The van der Waals surface area contributed by atoms with Crippen LogP contribution in [0.3, 0.4) is 0 Å². The predicted molar refractivity (Wildman–Crippen MR) is 396 cm³/mol. The first-order valence-electron chi connectivity index (χ1n) is 33.0. The minimum absolute atomic E-state index is 0.0956. The summed E-state index contributed by atoms with van der Waals surface area (Å²) in [5.74, 6) is 0. The van der Waals surface area contributed by atoms with Crippen molar-refractivity contribution < 1.29 is 0 Å². The molecule has 11 aromatic rings. The Morgan fingerprint density at radius 1 is 0.264 bits per heavy atom. The van der Waals surface area contributed by atoms with E-state index in [1.807, 2.05) is 0 Å². The highest BCUT2D eigenvalue weighted by molar-refractivity contribution is 5.86. The monoisotopic (exact) mass is 1190 g/mol. The maximum Gasteiger partial charge on any atom is 0.0493 e. The summed E-state index contributed by atoms with van der Waals surface area (Å²) in [6.45, 7) is 36.8. The van der Waals surface area contributed by atoms with Gasteiger partial charge in [0.15, 0.2) is 0 Å². The van der Waals surface area contributed by atoms with E-state index in [9.17, 15) is 0 Å². The van der Waals surface area contributed by atoms with Crippen molar-refractivity contribution in [1.82, 2.24) is 0 Å².